The Kier molecular flexibility index (Phi) is 1.34. The van der Waals surface area contributed by atoms with Crippen molar-refractivity contribution in [1.29, 1.82) is 0 Å². The smallest absolute Gasteiger partial charge is 0.257 e. The summed E-state index contributed by atoms with van der Waals surface area (Å²) in [5.74, 6) is -0.433. The lowest BCUT2D eigenvalue weighted by Gasteiger charge is -1.86. The van der Waals surface area contributed by atoms with Crippen LogP contribution in [0.25, 0.3) is 0 Å². The number of pyridine rings is 1. The van der Waals surface area contributed by atoms with Gasteiger partial charge in [-0.05, 0) is 13.0 Å². The van der Waals surface area contributed by atoms with Gasteiger partial charge in [0.15, 0.2) is 5.82 Å². The van der Waals surface area contributed by atoms with Crippen molar-refractivity contribution in [2.75, 3.05) is 0 Å². The summed E-state index contributed by atoms with van der Waals surface area (Å²) in [6.45, 7) is 1.70. The van der Waals surface area contributed by atoms with Gasteiger partial charge in [-0.25, -0.2) is 4.39 Å². The Bertz CT molecular complexity index is 174. The number of nitrogens with zero attached hydrogens (tertiary/aromatic N) is 1. The number of hydrogen-bond acceptors (Lipinski definition) is 1. The monoisotopic (exact) mass is 128 g/mol. The number of aromatic nitrogens is 1. The second kappa shape index (κ2) is 2.01. The van der Waals surface area contributed by atoms with E-state index in [1.807, 2.05) is 0 Å². The molecule has 0 aliphatic carbocycles. The minimum atomic E-state index is -0.433. The second-order valence-corrected chi connectivity index (χ2v) is 1.91. The first-order valence-electron chi connectivity index (χ1n) is 2.56. The van der Waals surface area contributed by atoms with Gasteiger partial charge in [0, 0.05) is 10.3 Å². The molecule has 0 aromatic carbocycles. The Morgan fingerprint density at radius 3 is 2.67 bits per heavy atom. The van der Waals surface area contributed by atoms with Crippen molar-refractivity contribution < 1.29 is 14.3 Å². The van der Waals surface area contributed by atoms with Gasteiger partial charge in [-0.3, -0.25) is 5.21 Å². The van der Waals surface area contributed by atoms with Crippen LogP contribution in [0.4, 0.5) is 4.39 Å². The minimum Gasteiger partial charge on any atom is -0.285 e. The fourth-order valence-electron chi connectivity index (χ4n) is 0.664. The van der Waals surface area contributed by atoms with Crippen LogP contribution in [0.5, 0.6) is 0 Å². The van der Waals surface area contributed by atoms with Crippen LogP contribution < -0.4 is 4.73 Å². The number of aryl methyl sites for hydroxylation is 1. The van der Waals surface area contributed by atoms with Crippen molar-refractivity contribution in [3.05, 3.63) is 29.8 Å². The first-order chi connectivity index (χ1) is 4.18. The molecule has 1 aromatic heterocycles. The largest absolute Gasteiger partial charge is 0.285 e. The zero-order chi connectivity index (χ0) is 6.85. The summed E-state index contributed by atoms with van der Waals surface area (Å²) >= 11 is 0. The maximum Gasteiger partial charge on any atom is 0.257 e. The van der Waals surface area contributed by atoms with Gasteiger partial charge in [0.2, 0.25) is 6.20 Å². The van der Waals surface area contributed by atoms with Crippen molar-refractivity contribution in [3.8, 4) is 0 Å². The van der Waals surface area contributed by atoms with Gasteiger partial charge in [-0.2, -0.15) is 0 Å². The zero-order valence-electron chi connectivity index (χ0n) is 5.00. The molecule has 0 aliphatic rings. The van der Waals surface area contributed by atoms with E-state index in [1.54, 1.807) is 6.92 Å². The lowest BCUT2D eigenvalue weighted by molar-refractivity contribution is -0.905. The molecule has 1 N–H and O–H groups in total. The van der Waals surface area contributed by atoms with E-state index < -0.39 is 5.82 Å². The summed E-state index contributed by atoms with van der Waals surface area (Å²) in [7, 11) is 0. The van der Waals surface area contributed by atoms with Crippen LogP contribution in [0.2, 0.25) is 0 Å². The van der Waals surface area contributed by atoms with Gasteiger partial charge >= 0.3 is 0 Å². The SMILES string of the molecule is Cc1cc(F)c[n+](O)c1. The van der Waals surface area contributed by atoms with E-state index in [4.69, 9.17) is 5.21 Å². The summed E-state index contributed by atoms with van der Waals surface area (Å²) in [4.78, 5) is 0. The quantitative estimate of drug-likeness (QED) is 0.402. The number of rotatable bonds is 0. The minimum absolute atomic E-state index is 0.433. The van der Waals surface area contributed by atoms with Crippen molar-refractivity contribution in [1.82, 2.24) is 0 Å². The molecule has 0 bridgehead atoms. The average Bonchev–Trinajstić information content (AvgIpc) is 1.59. The van der Waals surface area contributed by atoms with Crippen LogP contribution in [-0.2, 0) is 0 Å². The third-order valence-corrected chi connectivity index (χ3v) is 0.957. The maximum atomic E-state index is 12.2. The topological polar surface area (TPSA) is 24.1 Å². The van der Waals surface area contributed by atoms with Crippen molar-refractivity contribution in [2.45, 2.75) is 6.92 Å². The molecule has 0 amide bonds. The van der Waals surface area contributed by atoms with Gasteiger partial charge < -0.3 is 0 Å². The van der Waals surface area contributed by atoms with E-state index in [9.17, 15) is 4.39 Å². The molecule has 0 aliphatic heterocycles. The van der Waals surface area contributed by atoms with E-state index in [-0.39, 0.29) is 0 Å². The highest BCUT2D eigenvalue weighted by Gasteiger charge is 2.00. The van der Waals surface area contributed by atoms with Crippen molar-refractivity contribution >= 4 is 0 Å². The first-order valence-corrected chi connectivity index (χ1v) is 2.56. The molecule has 0 saturated carbocycles. The van der Waals surface area contributed by atoms with Gasteiger partial charge in [0.1, 0.15) is 0 Å². The van der Waals surface area contributed by atoms with Crippen LogP contribution >= 0.6 is 0 Å². The molecule has 2 nitrogen and oxygen atoms in total. The van der Waals surface area contributed by atoms with E-state index >= 15 is 0 Å². The number of hydrogen-bond donors (Lipinski definition) is 1. The average molecular weight is 128 g/mol. The molecule has 0 saturated heterocycles. The highest BCUT2D eigenvalue weighted by molar-refractivity contribution is 5.03. The molecule has 3 heteroatoms. The third-order valence-electron chi connectivity index (χ3n) is 0.957. The molecule has 0 radical (unpaired) electrons. The van der Waals surface area contributed by atoms with Crippen molar-refractivity contribution in [2.24, 2.45) is 0 Å². The van der Waals surface area contributed by atoms with Crippen LogP contribution in [0.15, 0.2) is 18.5 Å². The molecule has 48 valence electrons. The van der Waals surface area contributed by atoms with Crippen LogP contribution in [0.3, 0.4) is 0 Å². The summed E-state index contributed by atoms with van der Waals surface area (Å²) in [5, 5.41) is 8.67. The number of halogens is 1. The molecule has 1 aromatic rings. The zero-order valence-corrected chi connectivity index (χ0v) is 5.00. The van der Waals surface area contributed by atoms with E-state index in [0.717, 1.165) is 6.20 Å². The fraction of sp³-hybridized carbons (Fsp3) is 0.167. The summed E-state index contributed by atoms with van der Waals surface area (Å²) in [6, 6.07) is 1.34. The standard InChI is InChI=1S/C6H7FNO/c1-5-2-6(7)4-8(9)3-5/h2-4,9H,1H3/q+1. The Morgan fingerprint density at radius 1 is 1.56 bits per heavy atom. The summed E-state index contributed by atoms with van der Waals surface area (Å²) in [5.41, 5.74) is 0.692. The molecule has 9 heavy (non-hydrogen) atoms. The lowest BCUT2D eigenvalue weighted by Crippen LogP contribution is -2.29. The Hall–Kier alpha value is -1.12. The Labute approximate surface area is 52.1 Å². The second-order valence-electron chi connectivity index (χ2n) is 1.91. The van der Waals surface area contributed by atoms with Gasteiger partial charge in [-0.1, -0.05) is 0 Å². The molecule has 0 spiro atoms. The van der Waals surface area contributed by atoms with E-state index in [1.165, 1.54) is 12.3 Å². The normalized spacial score (nSPS) is 9.56. The Morgan fingerprint density at radius 2 is 2.22 bits per heavy atom. The predicted molar refractivity (Wildman–Crippen MR) is 28.5 cm³/mol. The van der Waals surface area contributed by atoms with Gasteiger partial charge in [0.05, 0.1) is 0 Å². The molecular weight excluding hydrogens is 121 g/mol. The molecule has 0 unspecified atom stereocenters. The van der Waals surface area contributed by atoms with Crippen LogP contribution in [-0.4, -0.2) is 5.21 Å². The lowest BCUT2D eigenvalue weighted by atomic mass is 10.3. The fourth-order valence-corrected chi connectivity index (χ4v) is 0.664. The van der Waals surface area contributed by atoms with E-state index in [0.29, 0.717) is 10.3 Å². The molecular formula is C6H7FNO+. The Balaban J connectivity index is 3.17. The summed E-state index contributed by atoms with van der Waals surface area (Å²) in [6.07, 6.45) is 2.41. The molecule has 0 atom stereocenters. The predicted octanol–water partition coefficient (Wildman–Crippen LogP) is 0.659. The molecule has 1 heterocycles. The van der Waals surface area contributed by atoms with E-state index in [2.05, 4.69) is 0 Å². The van der Waals surface area contributed by atoms with Gasteiger partial charge in [0.25, 0.3) is 6.20 Å². The maximum absolute atomic E-state index is 12.2. The molecule has 0 fully saturated rings. The highest BCUT2D eigenvalue weighted by atomic mass is 19.1. The first kappa shape index (κ1) is 6.01. The van der Waals surface area contributed by atoms with Crippen LogP contribution in [0, 0.1) is 12.7 Å². The highest BCUT2D eigenvalue weighted by Crippen LogP contribution is 1.94. The third kappa shape index (κ3) is 1.38. The van der Waals surface area contributed by atoms with Crippen molar-refractivity contribution in [3.63, 3.8) is 0 Å². The van der Waals surface area contributed by atoms with Gasteiger partial charge in [-0.15, -0.1) is 0 Å². The molecule has 1 rings (SSSR count). The summed E-state index contributed by atoms with van der Waals surface area (Å²) < 4.78 is 12.9. The van der Waals surface area contributed by atoms with Crippen LogP contribution in [0.1, 0.15) is 5.56 Å².